The molecule has 2 unspecified atom stereocenters. The molecule has 0 bridgehead atoms. The number of amides is 1. The molecule has 2 atom stereocenters. The van der Waals surface area contributed by atoms with Crippen LogP contribution in [-0.4, -0.2) is 24.7 Å². The lowest BCUT2D eigenvalue weighted by molar-refractivity contribution is 0.0136. The van der Waals surface area contributed by atoms with E-state index in [4.69, 9.17) is 4.74 Å². The average molecular weight is 251 g/mol. The molecule has 0 radical (unpaired) electrons. The van der Waals surface area contributed by atoms with Gasteiger partial charge >= 0.3 is 0 Å². The van der Waals surface area contributed by atoms with E-state index in [1.807, 2.05) is 6.92 Å². The minimum Gasteiger partial charge on any atom is -0.378 e. The van der Waals surface area contributed by atoms with Crippen molar-refractivity contribution in [1.82, 2.24) is 5.32 Å². The van der Waals surface area contributed by atoms with E-state index < -0.39 is 0 Å². The van der Waals surface area contributed by atoms with Crippen molar-refractivity contribution in [3.8, 4) is 0 Å². The average Bonchev–Trinajstić information content (AvgIpc) is 2.32. The van der Waals surface area contributed by atoms with Crippen molar-refractivity contribution < 1.29 is 13.9 Å². The van der Waals surface area contributed by atoms with Gasteiger partial charge < -0.3 is 10.1 Å². The first kappa shape index (κ1) is 13.0. The zero-order valence-electron chi connectivity index (χ0n) is 10.7. The van der Waals surface area contributed by atoms with E-state index in [1.165, 1.54) is 12.1 Å². The second kappa shape index (κ2) is 5.48. The van der Waals surface area contributed by atoms with Crippen LogP contribution in [0, 0.1) is 12.7 Å². The number of rotatable bonds is 2. The van der Waals surface area contributed by atoms with E-state index in [2.05, 4.69) is 5.32 Å². The maximum atomic E-state index is 13.1. The number of carbonyl (C=O) groups excluding carboxylic acids is 1. The highest BCUT2D eigenvalue weighted by atomic mass is 19.1. The van der Waals surface area contributed by atoms with Crippen LogP contribution in [-0.2, 0) is 4.74 Å². The summed E-state index contributed by atoms with van der Waals surface area (Å²) in [7, 11) is 0. The second-order valence-corrected chi connectivity index (χ2v) is 4.84. The van der Waals surface area contributed by atoms with Gasteiger partial charge in [-0.25, -0.2) is 4.39 Å². The predicted octanol–water partition coefficient (Wildman–Crippen LogP) is 2.43. The lowest BCUT2D eigenvalue weighted by atomic mass is 10.0. The summed E-state index contributed by atoms with van der Waals surface area (Å²) in [5, 5.41) is 2.97. The van der Waals surface area contributed by atoms with Crippen molar-refractivity contribution in [2.75, 3.05) is 6.61 Å². The number of halogens is 1. The summed E-state index contributed by atoms with van der Waals surface area (Å²) in [5.41, 5.74) is 0.996. The first-order chi connectivity index (χ1) is 8.56. The second-order valence-electron chi connectivity index (χ2n) is 4.84. The lowest BCUT2D eigenvalue weighted by Gasteiger charge is -2.28. The standard InChI is InChI=1S/C14H18FNO2/c1-9-7-11(3-4-13(9)15)14(17)16-12-5-6-18-10(2)8-12/h3-4,7,10,12H,5-6,8H2,1-2H3,(H,16,17). The number of hydrogen-bond donors (Lipinski definition) is 1. The van der Waals surface area contributed by atoms with Gasteiger partial charge in [0.15, 0.2) is 0 Å². The molecule has 1 aliphatic rings. The largest absolute Gasteiger partial charge is 0.378 e. The fourth-order valence-corrected chi connectivity index (χ4v) is 2.18. The number of hydrogen-bond acceptors (Lipinski definition) is 2. The molecule has 1 aromatic rings. The Labute approximate surface area is 106 Å². The van der Waals surface area contributed by atoms with Crippen molar-refractivity contribution in [3.63, 3.8) is 0 Å². The SMILES string of the molecule is Cc1cc(C(=O)NC2CCOC(C)C2)ccc1F. The van der Waals surface area contributed by atoms with Crippen molar-refractivity contribution in [2.45, 2.75) is 38.8 Å². The van der Waals surface area contributed by atoms with Crippen LogP contribution in [0.3, 0.4) is 0 Å². The van der Waals surface area contributed by atoms with Gasteiger partial charge in [0.05, 0.1) is 6.10 Å². The van der Waals surface area contributed by atoms with E-state index in [1.54, 1.807) is 13.0 Å². The summed E-state index contributed by atoms with van der Waals surface area (Å²) < 4.78 is 18.6. The van der Waals surface area contributed by atoms with Crippen LogP contribution < -0.4 is 5.32 Å². The molecule has 0 aromatic heterocycles. The quantitative estimate of drug-likeness (QED) is 0.876. The molecule has 98 valence electrons. The summed E-state index contributed by atoms with van der Waals surface area (Å²) in [6.07, 6.45) is 1.83. The van der Waals surface area contributed by atoms with Crippen molar-refractivity contribution >= 4 is 5.91 Å². The van der Waals surface area contributed by atoms with Gasteiger partial charge in [-0.3, -0.25) is 4.79 Å². The van der Waals surface area contributed by atoms with E-state index in [-0.39, 0.29) is 23.9 Å². The molecule has 2 rings (SSSR count). The van der Waals surface area contributed by atoms with Crippen LogP contribution in [0.25, 0.3) is 0 Å². The molecule has 1 saturated heterocycles. The first-order valence-corrected chi connectivity index (χ1v) is 6.25. The fourth-order valence-electron chi connectivity index (χ4n) is 2.18. The van der Waals surface area contributed by atoms with Crippen LogP contribution in [0.2, 0.25) is 0 Å². The molecule has 1 amide bonds. The van der Waals surface area contributed by atoms with Crippen LogP contribution in [0.4, 0.5) is 4.39 Å². The number of ether oxygens (including phenoxy) is 1. The van der Waals surface area contributed by atoms with Gasteiger partial charge in [-0.05, 0) is 50.5 Å². The summed E-state index contributed by atoms with van der Waals surface area (Å²) in [6.45, 7) is 4.33. The van der Waals surface area contributed by atoms with Crippen molar-refractivity contribution in [3.05, 3.63) is 35.1 Å². The molecule has 1 heterocycles. The Balaban J connectivity index is 2.00. The third kappa shape index (κ3) is 3.07. The Morgan fingerprint density at radius 1 is 1.50 bits per heavy atom. The molecular weight excluding hydrogens is 233 g/mol. The van der Waals surface area contributed by atoms with Gasteiger partial charge in [0.1, 0.15) is 5.82 Å². The van der Waals surface area contributed by atoms with Crippen LogP contribution in [0.5, 0.6) is 0 Å². The van der Waals surface area contributed by atoms with Gasteiger partial charge in [0, 0.05) is 18.2 Å². The first-order valence-electron chi connectivity index (χ1n) is 6.25. The molecule has 1 aliphatic heterocycles. The van der Waals surface area contributed by atoms with E-state index >= 15 is 0 Å². The van der Waals surface area contributed by atoms with Crippen LogP contribution >= 0.6 is 0 Å². The number of nitrogens with one attached hydrogen (secondary N) is 1. The number of carbonyl (C=O) groups is 1. The molecule has 1 aromatic carbocycles. The van der Waals surface area contributed by atoms with Crippen molar-refractivity contribution in [2.24, 2.45) is 0 Å². The molecule has 0 aliphatic carbocycles. The summed E-state index contributed by atoms with van der Waals surface area (Å²) in [5.74, 6) is -0.427. The molecule has 0 saturated carbocycles. The Morgan fingerprint density at radius 2 is 2.28 bits per heavy atom. The zero-order valence-corrected chi connectivity index (χ0v) is 10.7. The Kier molecular flexibility index (Phi) is 3.97. The van der Waals surface area contributed by atoms with E-state index in [0.717, 1.165) is 12.8 Å². The summed E-state index contributed by atoms with van der Waals surface area (Å²) in [6, 6.07) is 4.57. The number of benzene rings is 1. The lowest BCUT2D eigenvalue weighted by Crippen LogP contribution is -2.41. The molecule has 1 N–H and O–H groups in total. The third-order valence-corrected chi connectivity index (χ3v) is 3.24. The highest BCUT2D eigenvalue weighted by molar-refractivity contribution is 5.94. The minimum absolute atomic E-state index is 0.141. The van der Waals surface area contributed by atoms with Crippen LogP contribution in [0.1, 0.15) is 35.7 Å². The van der Waals surface area contributed by atoms with E-state index in [9.17, 15) is 9.18 Å². The molecule has 18 heavy (non-hydrogen) atoms. The summed E-state index contributed by atoms with van der Waals surface area (Å²) in [4.78, 5) is 12.0. The van der Waals surface area contributed by atoms with Gasteiger partial charge in [-0.15, -0.1) is 0 Å². The van der Waals surface area contributed by atoms with Crippen molar-refractivity contribution in [1.29, 1.82) is 0 Å². The normalized spacial score (nSPS) is 23.7. The van der Waals surface area contributed by atoms with Gasteiger partial charge in [0.25, 0.3) is 5.91 Å². The Bertz CT molecular complexity index is 447. The molecular formula is C14H18FNO2. The molecule has 4 heteroatoms. The molecule has 0 spiro atoms. The molecule has 3 nitrogen and oxygen atoms in total. The highest BCUT2D eigenvalue weighted by Crippen LogP contribution is 2.15. The predicted molar refractivity (Wildman–Crippen MR) is 67.0 cm³/mol. The zero-order chi connectivity index (χ0) is 13.1. The van der Waals surface area contributed by atoms with Crippen LogP contribution in [0.15, 0.2) is 18.2 Å². The highest BCUT2D eigenvalue weighted by Gasteiger charge is 2.21. The monoisotopic (exact) mass is 251 g/mol. The minimum atomic E-state index is -0.286. The maximum absolute atomic E-state index is 13.1. The van der Waals surface area contributed by atoms with Gasteiger partial charge in [-0.2, -0.15) is 0 Å². The fraction of sp³-hybridized carbons (Fsp3) is 0.500. The van der Waals surface area contributed by atoms with Gasteiger partial charge in [0.2, 0.25) is 0 Å². The number of aryl methyl sites for hydroxylation is 1. The van der Waals surface area contributed by atoms with Gasteiger partial charge in [-0.1, -0.05) is 0 Å². The third-order valence-electron chi connectivity index (χ3n) is 3.24. The Hall–Kier alpha value is -1.42. The molecule has 1 fully saturated rings. The van der Waals surface area contributed by atoms with E-state index in [0.29, 0.717) is 17.7 Å². The smallest absolute Gasteiger partial charge is 0.251 e. The Morgan fingerprint density at radius 3 is 2.94 bits per heavy atom. The summed E-state index contributed by atoms with van der Waals surface area (Å²) >= 11 is 0. The topological polar surface area (TPSA) is 38.3 Å². The maximum Gasteiger partial charge on any atom is 0.251 e.